The number of amides is 2. The van der Waals surface area contributed by atoms with E-state index in [-0.39, 0.29) is 33.9 Å². The van der Waals surface area contributed by atoms with E-state index in [0.29, 0.717) is 11.6 Å². The maximum atomic E-state index is 12.3. The van der Waals surface area contributed by atoms with Crippen LogP contribution in [0.2, 0.25) is 0 Å². The summed E-state index contributed by atoms with van der Waals surface area (Å²) >= 11 is 10.5. The number of hydrogen-bond acceptors (Lipinski definition) is 5. The summed E-state index contributed by atoms with van der Waals surface area (Å²) in [6, 6.07) is 5.27. The average Bonchev–Trinajstić information content (AvgIpc) is 2.75. The summed E-state index contributed by atoms with van der Waals surface area (Å²) in [7, 11) is 0. The van der Waals surface area contributed by atoms with Crippen molar-refractivity contribution in [3.05, 3.63) is 18.2 Å². The van der Waals surface area contributed by atoms with Crippen molar-refractivity contribution in [2.75, 3.05) is 10.6 Å². The summed E-state index contributed by atoms with van der Waals surface area (Å²) in [5.74, 6) is 0.959. The molecule has 2 aliphatic carbocycles. The number of nitrogens with zero attached hydrogens (tertiary/aromatic N) is 1. The molecule has 2 aliphatic rings. The maximum Gasteiger partial charge on any atom is 0.229 e. The van der Waals surface area contributed by atoms with Crippen molar-refractivity contribution in [1.82, 2.24) is 15.6 Å². The molecule has 0 unspecified atom stereocenters. The van der Waals surface area contributed by atoms with Crippen molar-refractivity contribution >= 4 is 58.1 Å². The van der Waals surface area contributed by atoms with Gasteiger partial charge in [0.25, 0.3) is 0 Å². The highest BCUT2D eigenvalue weighted by Gasteiger charge is 2.23. The van der Waals surface area contributed by atoms with Crippen molar-refractivity contribution < 1.29 is 9.59 Å². The molecule has 162 valence electrons. The highest BCUT2D eigenvalue weighted by Crippen LogP contribution is 2.24. The monoisotopic (exact) mass is 447 g/mol. The normalized spacial score (nSPS) is 17.6. The van der Waals surface area contributed by atoms with Crippen LogP contribution in [0.4, 0.5) is 11.6 Å². The summed E-state index contributed by atoms with van der Waals surface area (Å²) in [5, 5.41) is 11.8. The van der Waals surface area contributed by atoms with Gasteiger partial charge in [-0.25, -0.2) is 4.98 Å². The molecule has 0 aliphatic heterocycles. The Kier molecular flexibility index (Phi) is 8.50. The minimum Gasteiger partial charge on any atom is -0.317 e. The Morgan fingerprint density at radius 3 is 1.53 bits per heavy atom. The fourth-order valence-electron chi connectivity index (χ4n) is 4.03. The van der Waals surface area contributed by atoms with E-state index in [1.54, 1.807) is 18.2 Å². The van der Waals surface area contributed by atoms with Gasteiger partial charge in [0.2, 0.25) is 11.8 Å². The lowest BCUT2D eigenvalue weighted by Gasteiger charge is -2.21. The van der Waals surface area contributed by atoms with Crippen LogP contribution in [-0.4, -0.2) is 27.0 Å². The molecule has 0 aromatic carbocycles. The third kappa shape index (κ3) is 6.98. The van der Waals surface area contributed by atoms with Crippen molar-refractivity contribution in [2.24, 2.45) is 11.8 Å². The van der Waals surface area contributed by atoms with E-state index in [1.807, 2.05) is 0 Å². The highest BCUT2D eigenvalue weighted by molar-refractivity contribution is 7.80. The molecule has 1 aromatic heterocycles. The van der Waals surface area contributed by atoms with Crippen LogP contribution in [0.5, 0.6) is 0 Å². The second kappa shape index (κ2) is 11.3. The van der Waals surface area contributed by atoms with E-state index in [2.05, 4.69) is 26.3 Å². The molecule has 2 fully saturated rings. The molecule has 1 aromatic rings. The van der Waals surface area contributed by atoms with Crippen molar-refractivity contribution in [3.63, 3.8) is 0 Å². The molecule has 0 saturated heterocycles. The second-order valence-corrected chi connectivity index (χ2v) is 8.78. The Morgan fingerprint density at radius 2 is 1.13 bits per heavy atom. The topological polar surface area (TPSA) is 95.1 Å². The van der Waals surface area contributed by atoms with Crippen LogP contribution < -0.4 is 21.3 Å². The first-order valence-corrected chi connectivity index (χ1v) is 11.5. The molecular weight excluding hydrogens is 418 g/mol. The van der Waals surface area contributed by atoms with E-state index in [9.17, 15) is 9.59 Å². The molecule has 1 heterocycles. The molecule has 0 atom stereocenters. The summed E-state index contributed by atoms with van der Waals surface area (Å²) in [5.41, 5.74) is 0. The number of hydrogen-bond donors (Lipinski definition) is 4. The molecule has 0 bridgehead atoms. The Hall–Kier alpha value is -2.13. The number of carbonyl (C=O) groups excluding carboxylic acids is 2. The Balaban J connectivity index is 1.47. The van der Waals surface area contributed by atoms with E-state index in [4.69, 9.17) is 24.4 Å². The minimum absolute atomic E-state index is 0.0320. The predicted molar refractivity (Wildman–Crippen MR) is 126 cm³/mol. The minimum atomic E-state index is -0.0342. The van der Waals surface area contributed by atoms with Gasteiger partial charge in [0.05, 0.1) is 0 Å². The van der Waals surface area contributed by atoms with Crippen LogP contribution in [0.25, 0.3) is 0 Å². The summed E-state index contributed by atoms with van der Waals surface area (Å²) < 4.78 is 0. The standard InChI is InChI=1S/C21H29N5O2S2/c27-18(14-8-3-1-4-9-14)25-20(29)23-16-12-7-13-17(22-16)24-21(30)26-19(28)15-10-5-2-6-11-15/h7,12-15H,1-6,8-11H2,(H4,22,23,24,25,26,27,28,29,30). The number of anilines is 2. The number of carbonyl (C=O) groups is 2. The maximum absolute atomic E-state index is 12.3. The predicted octanol–water partition coefficient (Wildman–Crippen LogP) is 3.87. The van der Waals surface area contributed by atoms with Crippen LogP contribution in [0.15, 0.2) is 18.2 Å². The average molecular weight is 448 g/mol. The van der Waals surface area contributed by atoms with Gasteiger partial charge in [0.1, 0.15) is 11.6 Å². The van der Waals surface area contributed by atoms with Gasteiger partial charge in [-0.2, -0.15) is 0 Å². The molecule has 0 spiro atoms. The molecule has 30 heavy (non-hydrogen) atoms. The van der Waals surface area contributed by atoms with Gasteiger partial charge in [0.15, 0.2) is 10.2 Å². The zero-order valence-electron chi connectivity index (χ0n) is 17.0. The number of thiocarbonyl (C=S) groups is 2. The number of rotatable bonds is 4. The molecule has 2 saturated carbocycles. The van der Waals surface area contributed by atoms with E-state index < -0.39 is 0 Å². The van der Waals surface area contributed by atoms with Gasteiger partial charge in [-0.05, 0) is 62.3 Å². The molecule has 4 N–H and O–H groups in total. The van der Waals surface area contributed by atoms with Crippen molar-refractivity contribution in [3.8, 4) is 0 Å². The summed E-state index contributed by atoms with van der Waals surface area (Å²) in [6.07, 6.45) is 10.4. The van der Waals surface area contributed by atoms with Crippen LogP contribution in [-0.2, 0) is 9.59 Å². The molecule has 3 rings (SSSR count). The molecule has 7 nitrogen and oxygen atoms in total. The van der Waals surface area contributed by atoms with Gasteiger partial charge in [0, 0.05) is 11.8 Å². The fourth-order valence-corrected chi connectivity index (χ4v) is 4.44. The van der Waals surface area contributed by atoms with Crippen LogP contribution in [0.3, 0.4) is 0 Å². The Labute approximate surface area is 188 Å². The van der Waals surface area contributed by atoms with Gasteiger partial charge < -0.3 is 21.3 Å². The van der Waals surface area contributed by atoms with Crippen LogP contribution in [0.1, 0.15) is 64.2 Å². The lowest BCUT2D eigenvalue weighted by atomic mass is 9.89. The van der Waals surface area contributed by atoms with Gasteiger partial charge >= 0.3 is 0 Å². The quantitative estimate of drug-likeness (QED) is 0.521. The van der Waals surface area contributed by atoms with Gasteiger partial charge in [-0.1, -0.05) is 44.6 Å². The number of pyridine rings is 1. The molecular formula is C21H29N5O2S2. The second-order valence-electron chi connectivity index (χ2n) is 7.96. The number of aromatic nitrogens is 1. The molecule has 2 amide bonds. The van der Waals surface area contributed by atoms with E-state index in [1.165, 1.54) is 12.8 Å². The molecule has 0 radical (unpaired) electrons. The fraction of sp³-hybridized carbons (Fsp3) is 0.571. The molecule has 9 heteroatoms. The third-order valence-electron chi connectivity index (χ3n) is 5.66. The Morgan fingerprint density at radius 1 is 0.733 bits per heavy atom. The first-order valence-electron chi connectivity index (χ1n) is 10.7. The zero-order chi connectivity index (χ0) is 21.3. The lowest BCUT2D eigenvalue weighted by molar-refractivity contribution is -0.125. The van der Waals surface area contributed by atoms with Gasteiger partial charge in [-0.15, -0.1) is 0 Å². The third-order valence-corrected chi connectivity index (χ3v) is 6.07. The SMILES string of the molecule is O=C(NC(=S)Nc1cccc(NC(=S)NC(=O)C2CCCCC2)n1)C1CCCCC1. The first kappa shape index (κ1) is 22.6. The Bertz CT molecular complexity index is 728. The van der Waals surface area contributed by atoms with E-state index in [0.717, 1.165) is 51.4 Å². The van der Waals surface area contributed by atoms with E-state index >= 15 is 0 Å². The van der Waals surface area contributed by atoms with Gasteiger partial charge in [-0.3, -0.25) is 9.59 Å². The first-order chi connectivity index (χ1) is 14.5. The highest BCUT2D eigenvalue weighted by atomic mass is 32.1. The zero-order valence-corrected chi connectivity index (χ0v) is 18.7. The summed E-state index contributed by atoms with van der Waals surface area (Å²) in [4.78, 5) is 29.0. The van der Waals surface area contributed by atoms with Crippen LogP contribution in [0, 0.1) is 11.8 Å². The smallest absolute Gasteiger partial charge is 0.229 e. The van der Waals surface area contributed by atoms with Crippen molar-refractivity contribution in [2.45, 2.75) is 64.2 Å². The summed E-state index contributed by atoms with van der Waals surface area (Å²) in [6.45, 7) is 0. The lowest BCUT2D eigenvalue weighted by Crippen LogP contribution is -2.39. The van der Waals surface area contributed by atoms with Crippen LogP contribution >= 0.6 is 24.4 Å². The largest absolute Gasteiger partial charge is 0.317 e. The number of nitrogens with one attached hydrogen (secondary N) is 4. The van der Waals surface area contributed by atoms with Crippen molar-refractivity contribution in [1.29, 1.82) is 0 Å².